The first kappa shape index (κ1) is 32.5. The van der Waals surface area contributed by atoms with E-state index in [2.05, 4.69) is 5.32 Å². The molecule has 1 saturated heterocycles. The van der Waals surface area contributed by atoms with E-state index in [9.17, 15) is 46.4 Å². The van der Waals surface area contributed by atoms with Crippen molar-refractivity contribution in [1.82, 2.24) is 10.2 Å². The van der Waals surface area contributed by atoms with E-state index in [1.807, 2.05) is 0 Å². The van der Waals surface area contributed by atoms with Gasteiger partial charge in [-0.1, -0.05) is 31.5 Å². The first-order valence-corrected chi connectivity index (χ1v) is 13.2. The lowest BCUT2D eigenvalue weighted by atomic mass is 9.90. The van der Waals surface area contributed by atoms with Crippen LogP contribution in [0.5, 0.6) is 11.5 Å². The molecule has 3 aromatic rings. The van der Waals surface area contributed by atoms with Crippen molar-refractivity contribution in [2.75, 3.05) is 6.73 Å². The van der Waals surface area contributed by atoms with Gasteiger partial charge in [-0.25, -0.2) is 4.79 Å². The molecule has 44 heavy (non-hydrogen) atoms. The van der Waals surface area contributed by atoms with Crippen LogP contribution in [0.25, 0.3) is 0 Å². The number of aryl methyl sites for hydroxylation is 1. The number of ether oxygens (including phenoxy) is 2. The van der Waals surface area contributed by atoms with Gasteiger partial charge in [0.1, 0.15) is 18.2 Å². The zero-order valence-electron chi connectivity index (χ0n) is 23.3. The number of aliphatic hydroxyl groups is 1. The predicted octanol–water partition coefficient (Wildman–Crippen LogP) is 7.02. The molecular weight excluding hydrogens is 600 g/mol. The lowest BCUT2D eigenvalue weighted by Crippen LogP contribution is -2.57. The molecule has 1 fully saturated rings. The number of benzene rings is 3. The molecule has 0 aromatic heterocycles. The van der Waals surface area contributed by atoms with E-state index >= 15 is 0 Å². The maximum Gasteiger partial charge on any atom is 0.430 e. The average molecular weight is 628 g/mol. The number of urea groups is 1. The molecule has 1 aliphatic heterocycles. The maximum absolute atomic E-state index is 13.4. The summed E-state index contributed by atoms with van der Waals surface area (Å²) in [6.45, 7) is 3.18. The molecule has 4 rings (SSSR count). The van der Waals surface area contributed by atoms with Gasteiger partial charge in [-0.3, -0.25) is 15.0 Å². The molecule has 15 heteroatoms. The van der Waals surface area contributed by atoms with Crippen LogP contribution in [0.4, 0.5) is 36.8 Å². The number of nitro benzene ring substituents is 1. The number of nitro groups is 1. The van der Waals surface area contributed by atoms with Gasteiger partial charge in [0.2, 0.25) is 0 Å². The van der Waals surface area contributed by atoms with Crippen molar-refractivity contribution in [1.29, 1.82) is 0 Å². The van der Waals surface area contributed by atoms with E-state index in [4.69, 9.17) is 9.47 Å². The van der Waals surface area contributed by atoms with Crippen molar-refractivity contribution in [3.05, 3.63) is 99.1 Å². The van der Waals surface area contributed by atoms with Gasteiger partial charge >= 0.3 is 18.4 Å². The van der Waals surface area contributed by atoms with Crippen molar-refractivity contribution in [3.63, 3.8) is 0 Å². The van der Waals surface area contributed by atoms with Gasteiger partial charge in [0.15, 0.2) is 5.72 Å². The van der Waals surface area contributed by atoms with E-state index in [1.165, 1.54) is 35.2 Å². The van der Waals surface area contributed by atoms with Gasteiger partial charge in [-0.05, 0) is 60.9 Å². The Bertz CT molecular complexity index is 1520. The Morgan fingerprint density at radius 3 is 2.27 bits per heavy atom. The second-order valence-electron chi connectivity index (χ2n) is 10.3. The molecule has 3 aromatic carbocycles. The zero-order valence-corrected chi connectivity index (χ0v) is 23.3. The van der Waals surface area contributed by atoms with Crippen molar-refractivity contribution in [3.8, 4) is 11.5 Å². The maximum atomic E-state index is 13.4. The number of carbonyl (C=O) groups excluding carboxylic acids is 1. The van der Waals surface area contributed by atoms with Crippen molar-refractivity contribution < 1.29 is 50.6 Å². The first-order chi connectivity index (χ1) is 20.5. The summed E-state index contributed by atoms with van der Waals surface area (Å²) in [5.41, 5.74) is -6.73. The fourth-order valence-electron chi connectivity index (χ4n) is 4.67. The van der Waals surface area contributed by atoms with E-state index in [1.54, 1.807) is 32.0 Å². The molecule has 1 unspecified atom stereocenters. The third kappa shape index (κ3) is 6.43. The van der Waals surface area contributed by atoms with Gasteiger partial charge in [-0.15, -0.1) is 0 Å². The topological polar surface area (TPSA) is 114 Å². The van der Waals surface area contributed by atoms with Gasteiger partial charge < -0.3 is 19.9 Å². The number of hydrogen-bond donors (Lipinski definition) is 2. The molecule has 0 saturated carbocycles. The van der Waals surface area contributed by atoms with Gasteiger partial charge in [0.25, 0.3) is 11.3 Å². The second kappa shape index (κ2) is 12.0. The number of nitrogens with zero attached hydrogens (tertiary/aromatic N) is 2. The molecule has 0 bridgehead atoms. The highest BCUT2D eigenvalue weighted by atomic mass is 19.4. The fraction of sp³-hybridized carbons (Fsp3) is 0.345. The minimum absolute atomic E-state index is 0.00244. The van der Waals surface area contributed by atoms with Crippen LogP contribution >= 0.6 is 0 Å². The predicted molar refractivity (Wildman–Crippen MR) is 143 cm³/mol. The third-order valence-electron chi connectivity index (χ3n) is 7.09. The molecule has 1 aliphatic rings. The van der Waals surface area contributed by atoms with Gasteiger partial charge in [-0.2, -0.15) is 26.3 Å². The highest BCUT2D eigenvalue weighted by Gasteiger charge is 2.71. The van der Waals surface area contributed by atoms with E-state index in [0.717, 1.165) is 6.07 Å². The summed E-state index contributed by atoms with van der Waals surface area (Å²) < 4.78 is 92.2. The molecule has 0 radical (unpaired) electrons. The fourth-order valence-corrected chi connectivity index (χ4v) is 4.67. The standard InChI is InChI=1S/C29H27F6N3O6/c1-3-5-19-15-21(27(40,28(30,31)32)29(33,34)35)10-13-24(19)44-23-7-4-6-18(14-23)16-37-17-43-26(2,36-25(37)39)20-8-11-22(12-9-20)38(41)42/h4,6-15,40H,3,5,16-17H2,1-2H3,(H,36,39). The summed E-state index contributed by atoms with van der Waals surface area (Å²) in [4.78, 5) is 24.6. The number of alkyl halides is 6. The van der Waals surface area contributed by atoms with Crippen LogP contribution in [0, 0.1) is 10.1 Å². The molecule has 236 valence electrons. The van der Waals surface area contributed by atoms with Crippen LogP contribution in [0.2, 0.25) is 0 Å². The largest absolute Gasteiger partial charge is 0.457 e. The highest BCUT2D eigenvalue weighted by Crippen LogP contribution is 2.50. The Labute approximate surface area is 247 Å². The number of hydrogen-bond acceptors (Lipinski definition) is 6. The Morgan fingerprint density at radius 1 is 1.05 bits per heavy atom. The highest BCUT2D eigenvalue weighted by molar-refractivity contribution is 5.75. The summed E-state index contributed by atoms with van der Waals surface area (Å²) in [6.07, 6.45) is -11.6. The Balaban J connectivity index is 1.51. The molecule has 1 heterocycles. The molecular formula is C29H27F6N3O6. The minimum atomic E-state index is -6.02. The first-order valence-electron chi connectivity index (χ1n) is 13.2. The van der Waals surface area contributed by atoms with E-state index in [-0.39, 0.29) is 42.4 Å². The summed E-state index contributed by atoms with van der Waals surface area (Å²) in [5.74, 6) is 0.195. The summed E-state index contributed by atoms with van der Waals surface area (Å²) >= 11 is 0. The van der Waals surface area contributed by atoms with Crippen LogP contribution in [0.15, 0.2) is 66.7 Å². The average Bonchev–Trinajstić information content (AvgIpc) is 2.94. The Kier molecular flexibility index (Phi) is 8.85. The van der Waals surface area contributed by atoms with Gasteiger partial charge in [0, 0.05) is 29.8 Å². The number of non-ortho nitro benzene ring substituents is 1. The molecule has 9 nitrogen and oxygen atoms in total. The normalized spacial score (nSPS) is 17.8. The lowest BCUT2D eigenvalue weighted by molar-refractivity contribution is -0.384. The SMILES string of the molecule is CCCc1cc(C(O)(C(F)(F)F)C(F)(F)F)ccc1Oc1cccc(CN2COC(C)(c3ccc([N+](=O)[O-])cc3)NC2=O)c1. The molecule has 0 spiro atoms. The smallest absolute Gasteiger partial charge is 0.430 e. The third-order valence-corrected chi connectivity index (χ3v) is 7.09. The molecule has 2 amide bonds. The van der Waals surface area contributed by atoms with Crippen molar-refractivity contribution in [2.24, 2.45) is 0 Å². The van der Waals surface area contributed by atoms with Crippen molar-refractivity contribution >= 4 is 11.7 Å². The number of carbonyl (C=O) groups is 1. The van der Waals surface area contributed by atoms with Crippen LogP contribution in [-0.2, 0) is 29.0 Å². The minimum Gasteiger partial charge on any atom is -0.457 e. The Hall–Kier alpha value is -4.37. The summed E-state index contributed by atoms with van der Waals surface area (Å²) in [5, 5.41) is 23.5. The van der Waals surface area contributed by atoms with Crippen molar-refractivity contribution in [2.45, 2.75) is 56.9 Å². The van der Waals surface area contributed by atoms with Crippen LogP contribution in [0.3, 0.4) is 0 Å². The number of rotatable bonds is 9. The van der Waals surface area contributed by atoms with E-state index < -0.39 is 40.2 Å². The number of nitrogens with one attached hydrogen (secondary N) is 1. The number of halogens is 6. The molecule has 1 atom stereocenters. The van der Waals surface area contributed by atoms with Crippen LogP contribution < -0.4 is 10.1 Å². The number of amides is 2. The summed E-state index contributed by atoms with van der Waals surface area (Å²) in [6, 6.07) is 13.5. The summed E-state index contributed by atoms with van der Waals surface area (Å²) in [7, 11) is 0. The monoisotopic (exact) mass is 627 g/mol. The molecule has 2 N–H and O–H groups in total. The van der Waals surface area contributed by atoms with Gasteiger partial charge in [0.05, 0.1) is 4.92 Å². The molecule has 0 aliphatic carbocycles. The van der Waals surface area contributed by atoms with Crippen LogP contribution in [0.1, 0.15) is 42.5 Å². The Morgan fingerprint density at radius 2 is 1.70 bits per heavy atom. The lowest BCUT2D eigenvalue weighted by Gasteiger charge is -2.40. The zero-order chi connectivity index (χ0) is 32.5. The van der Waals surface area contributed by atoms with E-state index in [0.29, 0.717) is 29.7 Å². The van der Waals surface area contributed by atoms with Crippen LogP contribution in [-0.4, -0.2) is 40.0 Å². The quantitative estimate of drug-likeness (QED) is 0.150. The second-order valence-corrected chi connectivity index (χ2v) is 10.3.